The van der Waals surface area contributed by atoms with E-state index in [4.69, 9.17) is 0 Å². The highest BCUT2D eigenvalue weighted by Gasteiger charge is 2.06. The summed E-state index contributed by atoms with van der Waals surface area (Å²) in [6, 6.07) is 13.5. The van der Waals surface area contributed by atoms with Crippen molar-refractivity contribution in [1.29, 1.82) is 0 Å². The minimum absolute atomic E-state index is 0.0339. The smallest absolute Gasteiger partial charge is 0.270 e. The number of hydrogen-bond donors (Lipinski definition) is 1. The minimum atomic E-state index is -0.488. The third-order valence-corrected chi connectivity index (χ3v) is 3.45. The van der Waals surface area contributed by atoms with Gasteiger partial charge in [0.05, 0.1) is 23.2 Å². The number of nitrogens with zero attached hydrogens (tertiary/aromatic N) is 5. The molecule has 2 aromatic carbocycles. The van der Waals surface area contributed by atoms with Gasteiger partial charge < -0.3 is 0 Å². The largest absolute Gasteiger partial charge is 0.273 e. The molecule has 1 heterocycles. The van der Waals surface area contributed by atoms with Crippen LogP contribution in [0.15, 0.2) is 53.6 Å². The second kappa shape index (κ2) is 7.30. The van der Waals surface area contributed by atoms with Gasteiger partial charge in [-0.15, -0.1) is 5.10 Å². The van der Waals surface area contributed by atoms with Crippen LogP contribution in [0.2, 0.25) is 0 Å². The molecule has 0 spiro atoms. The fourth-order valence-corrected chi connectivity index (χ4v) is 2.24. The van der Waals surface area contributed by atoms with Crippen molar-refractivity contribution >= 4 is 28.8 Å². The Balaban J connectivity index is 1.54. The van der Waals surface area contributed by atoms with Crippen LogP contribution in [0.25, 0.3) is 11.0 Å². The molecule has 0 atom stereocenters. The Kier molecular flexibility index (Phi) is 4.74. The first-order chi connectivity index (χ1) is 12.1. The number of aryl methyl sites for hydroxylation is 1. The Bertz CT molecular complexity index is 950. The van der Waals surface area contributed by atoms with E-state index in [1.54, 1.807) is 16.8 Å². The number of hydrazone groups is 1. The molecule has 0 bridgehead atoms. The summed E-state index contributed by atoms with van der Waals surface area (Å²) < 4.78 is 1.65. The third-order valence-electron chi connectivity index (χ3n) is 3.45. The molecule has 0 aliphatic rings. The first-order valence-corrected chi connectivity index (χ1v) is 7.48. The molecular weight excluding hydrogens is 324 g/mol. The molecule has 0 radical (unpaired) electrons. The van der Waals surface area contributed by atoms with Gasteiger partial charge in [0.2, 0.25) is 5.91 Å². The van der Waals surface area contributed by atoms with Gasteiger partial charge in [0.25, 0.3) is 5.69 Å². The summed E-state index contributed by atoms with van der Waals surface area (Å²) in [7, 11) is 0. The second-order valence-electron chi connectivity index (χ2n) is 5.20. The number of amides is 1. The van der Waals surface area contributed by atoms with E-state index in [9.17, 15) is 14.9 Å². The summed E-state index contributed by atoms with van der Waals surface area (Å²) in [5.74, 6) is -0.290. The van der Waals surface area contributed by atoms with Crippen LogP contribution in [0.3, 0.4) is 0 Å². The van der Waals surface area contributed by atoms with Gasteiger partial charge in [0.15, 0.2) is 0 Å². The van der Waals surface area contributed by atoms with Crippen molar-refractivity contribution in [2.24, 2.45) is 5.10 Å². The summed E-state index contributed by atoms with van der Waals surface area (Å²) >= 11 is 0. The van der Waals surface area contributed by atoms with Crippen LogP contribution in [0.4, 0.5) is 5.69 Å². The van der Waals surface area contributed by atoms with Gasteiger partial charge >= 0.3 is 0 Å². The van der Waals surface area contributed by atoms with E-state index in [2.05, 4.69) is 20.8 Å². The number of aromatic nitrogens is 3. The van der Waals surface area contributed by atoms with Crippen LogP contribution in [0.5, 0.6) is 0 Å². The van der Waals surface area contributed by atoms with E-state index in [1.807, 2.05) is 24.3 Å². The van der Waals surface area contributed by atoms with Crippen molar-refractivity contribution in [1.82, 2.24) is 20.4 Å². The average molecular weight is 338 g/mol. The lowest BCUT2D eigenvalue weighted by Crippen LogP contribution is -2.19. The fraction of sp³-hybridized carbons (Fsp3) is 0.125. The number of rotatable bonds is 6. The average Bonchev–Trinajstić information content (AvgIpc) is 3.03. The van der Waals surface area contributed by atoms with Gasteiger partial charge in [-0.05, 0) is 12.1 Å². The maximum atomic E-state index is 11.8. The number of para-hydroxylation sites is 1. The minimum Gasteiger partial charge on any atom is -0.273 e. The van der Waals surface area contributed by atoms with Gasteiger partial charge in [-0.3, -0.25) is 14.9 Å². The number of nitrogens with one attached hydrogen (secondary N) is 1. The van der Waals surface area contributed by atoms with Crippen LogP contribution < -0.4 is 5.43 Å². The lowest BCUT2D eigenvalue weighted by Gasteiger charge is -2.01. The highest BCUT2D eigenvalue weighted by molar-refractivity contribution is 5.83. The number of carbonyl (C=O) groups is 1. The number of non-ortho nitro benzene ring substituents is 1. The zero-order chi connectivity index (χ0) is 17.6. The summed E-state index contributed by atoms with van der Waals surface area (Å²) in [6.45, 7) is 0.374. The number of carbonyl (C=O) groups excluding carboxylic acids is 1. The maximum absolute atomic E-state index is 11.8. The summed E-state index contributed by atoms with van der Waals surface area (Å²) in [4.78, 5) is 22.1. The predicted octanol–water partition coefficient (Wildman–Crippen LogP) is 1.88. The molecule has 0 aliphatic heterocycles. The first-order valence-electron chi connectivity index (χ1n) is 7.48. The monoisotopic (exact) mass is 338 g/mol. The standard InChI is InChI=1S/C16H14N6O3/c23-16(8-9-21-15-7-2-1-6-14(15)18-20-21)19-17-11-12-4-3-5-13(10-12)22(24)25/h1-7,10-11H,8-9H2,(H,19,23). The lowest BCUT2D eigenvalue weighted by molar-refractivity contribution is -0.384. The molecule has 0 aliphatic carbocycles. The molecule has 0 fully saturated rings. The Labute approximate surface area is 142 Å². The normalized spacial score (nSPS) is 11.0. The summed E-state index contributed by atoms with van der Waals surface area (Å²) in [5, 5.41) is 22.5. The SMILES string of the molecule is O=C(CCn1nnc2ccccc21)NN=Cc1cccc([N+](=O)[O-])c1. The molecule has 1 N–H and O–H groups in total. The van der Waals surface area contributed by atoms with Gasteiger partial charge in [-0.1, -0.05) is 29.5 Å². The first kappa shape index (κ1) is 16.2. The highest BCUT2D eigenvalue weighted by atomic mass is 16.6. The van der Waals surface area contributed by atoms with Gasteiger partial charge in [-0.25, -0.2) is 10.1 Å². The molecule has 1 aromatic heterocycles. The number of benzene rings is 2. The number of nitro benzene ring substituents is 1. The second-order valence-corrected chi connectivity index (χ2v) is 5.20. The Hall–Kier alpha value is -3.62. The van der Waals surface area contributed by atoms with Crippen LogP contribution in [-0.4, -0.2) is 32.0 Å². The zero-order valence-corrected chi connectivity index (χ0v) is 13.1. The Morgan fingerprint density at radius 1 is 1.28 bits per heavy atom. The van der Waals surface area contributed by atoms with Gasteiger partial charge in [0.1, 0.15) is 5.52 Å². The predicted molar refractivity (Wildman–Crippen MR) is 91.0 cm³/mol. The Morgan fingerprint density at radius 2 is 2.12 bits per heavy atom. The van der Waals surface area contributed by atoms with Crippen molar-refractivity contribution < 1.29 is 9.72 Å². The van der Waals surface area contributed by atoms with Crippen molar-refractivity contribution in [2.75, 3.05) is 0 Å². The number of fused-ring (bicyclic) bond motifs is 1. The van der Waals surface area contributed by atoms with Crippen LogP contribution in [0.1, 0.15) is 12.0 Å². The zero-order valence-electron chi connectivity index (χ0n) is 13.1. The maximum Gasteiger partial charge on any atom is 0.270 e. The van der Waals surface area contributed by atoms with E-state index in [1.165, 1.54) is 18.3 Å². The molecule has 126 valence electrons. The molecule has 1 amide bonds. The van der Waals surface area contributed by atoms with Crippen molar-refractivity contribution in [3.05, 3.63) is 64.2 Å². The quantitative estimate of drug-likeness (QED) is 0.418. The van der Waals surface area contributed by atoms with E-state index in [0.29, 0.717) is 12.1 Å². The van der Waals surface area contributed by atoms with Gasteiger partial charge in [-0.2, -0.15) is 5.10 Å². The van der Waals surface area contributed by atoms with Crippen LogP contribution in [-0.2, 0) is 11.3 Å². The highest BCUT2D eigenvalue weighted by Crippen LogP contribution is 2.11. The van der Waals surface area contributed by atoms with Crippen LogP contribution in [0, 0.1) is 10.1 Å². The van der Waals surface area contributed by atoms with E-state index in [0.717, 1.165) is 11.0 Å². The summed E-state index contributed by atoms with van der Waals surface area (Å²) in [6.07, 6.45) is 1.54. The van der Waals surface area contributed by atoms with Crippen molar-refractivity contribution in [3.8, 4) is 0 Å². The fourth-order valence-electron chi connectivity index (χ4n) is 2.24. The molecule has 0 unspecified atom stereocenters. The molecule has 25 heavy (non-hydrogen) atoms. The van der Waals surface area contributed by atoms with E-state index < -0.39 is 4.92 Å². The molecular formula is C16H14N6O3. The molecule has 9 nitrogen and oxygen atoms in total. The summed E-state index contributed by atoms with van der Waals surface area (Å²) in [5.41, 5.74) is 4.51. The van der Waals surface area contributed by atoms with Crippen molar-refractivity contribution in [2.45, 2.75) is 13.0 Å². The van der Waals surface area contributed by atoms with Gasteiger partial charge in [0, 0.05) is 24.1 Å². The molecule has 0 saturated carbocycles. The topological polar surface area (TPSA) is 115 Å². The lowest BCUT2D eigenvalue weighted by atomic mass is 10.2. The molecule has 9 heteroatoms. The number of hydrogen-bond acceptors (Lipinski definition) is 6. The molecule has 3 rings (SSSR count). The van der Waals surface area contributed by atoms with E-state index in [-0.39, 0.29) is 18.0 Å². The molecule has 3 aromatic rings. The Morgan fingerprint density at radius 3 is 2.96 bits per heavy atom. The number of nitro groups is 1. The van der Waals surface area contributed by atoms with Crippen molar-refractivity contribution in [3.63, 3.8) is 0 Å². The van der Waals surface area contributed by atoms with Crippen LogP contribution >= 0.6 is 0 Å². The third kappa shape index (κ3) is 4.02. The van der Waals surface area contributed by atoms with E-state index >= 15 is 0 Å². The molecule has 0 saturated heterocycles.